The highest BCUT2D eigenvalue weighted by Gasteiger charge is 2.36. The number of hydrogen-bond acceptors (Lipinski definition) is 6. The van der Waals surface area contributed by atoms with E-state index in [1.165, 1.54) is 0 Å². The molecular weight excluding hydrogens is 356 g/mol. The maximum atomic E-state index is 12.9. The molecule has 1 aromatic heterocycles. The van der Waals surface area contributed by atoms with Crippen LogP contribution in [0.5, 0.6) is 0 Å². The molecule has 0 aliphatic carbocycles. The highest BCUT2D eigenvalue weighted by Crippen LogP contribution is 2.21. The average molecular weight is 378 g/mol. The number of nitrogens with zero attached hydrogens (tertiary/aromatic N) is 4. The molecule has 1 fully saturated rings. The van der Waals surface area contributed by atoms with Gasteiger partial charge in [0.25, 0.3) is 5.56 Å². The maximum absolute atomic E-state index is 12.9. The first-order chi connectivity index (χ1) is 12.3. The van der Waals surface area contributed by atoms with Crippen LogP contribution in [0.25, 0.3) is 10.9 Å². The van der Waals surface area contributed by atoms with Gasteiger partial charge in [0, 0.05) is 12.1 Å². The fourth-order valence-corrected chi connectivity index (χ4v) is 5.05. The van der Waals surface area contributed by atoms with E-state index in [0.717, 1.165) is 4.68 Å². The molecule has 8 nitrogen and oxygen atoms in total. The lowest BCUT2D eigenvalue weighted by molar-refractivity contribution is -0.136. The number of fused-ring (bicyclic) bond motifs is 1. The van der Waals surface area contributed by atoms with Gasteiger partial charge in [-0.25, -0.2) is 13.1 Å². The van der Waals surface area contributed by atoms with Gasteiger partial charge >= 0.3 is 0 Å². The van der Waals surface area contributed by atoms with E-state index in [-0.39, 0.29) is 41.6 Å². The van der Waals surface area contributed by atoms with E-state index in [0.29, 0.717) is 23.7 Å². The normalized spacial score (nSPS) is 20.2. The molecule has 1 aliphatic rings. The Morgan fingerprint density at radius 1 is 1.38 bits per heavy atom. The van der Waals surface area contributed by atoms with Crippen molar-refractivity contribution in [2.24, 2.45) is 0 Å². The van der Waals surface area contributed by atoms with Gasteiger partial charge in [-0.05, 0) is 31.9 Å². The monoisotopic (exact) mass is 378 g/mol. The van der Waals surface area contributed by atoms with E-state index in [1.807, 2.05) is 13.8 Å². The summed E-state index contributed by atoms with van der Waals surface area (Å²) in [5.74, 6) is -0.247. The molecule has 1 aliphatic heterocycles. The van der Waals surface area contributed by atoms with Gasteiger partial charge in [-0.15, -0.1) is 5.10 Å². The van der Waals surface area contributed by atoms with Crippen molar-refractivity contribution in [3.8, 4) is 0 Å². The van der Waals surface area contributed by atoms with Crippen molar-refractivity contribution in [2.45, 2.75) is 45.3 Å². The molecule has 0 N–H and O–H groups in total. The predicted octanol–water partition coefficient (Wildman–Crippen LogP) is 0.606. The third kappa shape index (κ3) is 3.62. The molecule has 26 heavy (non-hydrogen) atoms. The number of sulfone groups is 1. The van der Waals surface area contributed by atoms with Crippen LogP contribution in [0.2, 0.25) is 0 Å². The van der Waals surface area contributed by atoms with Crippen molar-refractivity contribution in [3.05, 3.63) is 34.6 Å². The van der Waals surface area contributed by atoms with Crippen molar-refractivity contribution in [2.75, 3.05) is 11.5 Å². The Bertz CT molecular complexity index is 986. The van der Waals surface area contributed by atoms with Crippen LogP contribution in [0, 0.1) is 0 Å². The van der Waals surface area contributed by atoms with Gasteiger partial charge in [0.15, 0.2) is 9.84 Å². The van der Waals surface area contributed by atoms with Crippen molar-refractivity contribution in [3.63, 3.8) is 0 Å². The number of aromatic nitrogens is 3. The molecule has 0 spiro atoms. The lowest BCUT2D eigenvalue weighted by atomic mass is 10.1. The van der Waals surface area contributed by atoms with Crippen molar-refractivity contribution >= 4 is 26.6 Å². The molecule has 3 rings (SSSR count). The summed E-state index contributed by atoms with van der Waals surface area (Å²) < 4.78 is 24.7. The van der Waals surface area contributed by atoms with Crippen LogP contribution < -0.4 is 5.56 Å². The summed E-state index contributed by atoms with van der Waals surface area (Å²) in [6.07, 6.45) is 1.12. The van der Waals surface area contributed by atoms with Crippen LogP contribution in [0.4, 0.5) is 0 Å². The number of carbonyl (C=O) groups is 1. The summed E-state index contributed by atoms with van der Waals surface area (Å²) >= 11 is 0. The maximum Gasteiger partial charge on any atom is 0.278 e. The van der Waals surface area contributed by atoms with E-state index in [9.17, 15) is 18.0 Å². The fraction of sp³-hybridized carbons (Fsp3) is 0.529. The summed E-state index contributed by atoms with van der Waals surface area (Å²) in [5, 5.41) is 8.24. The SMILES string of the molecule is CC[C@@H](C)N(C(=O)Cn1nnc2ccccc2c1=O)[C@@H]1CCS(=O)(=O)C1. The zero-order valence-electron chi connectivity index (χ0n) is 14.8. The molecule has 9 heteroatoms. The summed E-state index contributed by atoms with van der Waals surface area (Å²) in [6, 6.07) is 6.34. The van der Waals surface area contributed by atoms with E-state index >= 15 is 0 Å². The van der Waals surface area contributed by atoms with Crippen molar-refractivity contribution in [1.29, 1.82) is 0 Å². The minimum absolute atomic E-state index is 0.0264. The lowest BCUT2D eigenvalue weighted by Gasteiger charge is -2.33. The Labute approximate surface area is 151 Å². The van der Waals surface area contributed by atoms with Crippen LogP contribution >= 0.6 is 0 Å². The molecule has 2 atom stereocenters. The van der Waals surface area contributed by atoms with Gasteiger partial charge in [0.1, 0.15) is 12.1 Å². The standard InChI is InChI=1S/C17H22N4O4S/c1-3-12(2)21(13-8-9-26(24,25)11-13)16(22)10-20-17(23)14-6-4-5-7-15(14)18-19-20/h4-7,12-13H,3,8-11H2,1-2H3/t12-,13-/m1/s1. The molecule has 2 aromatic rings. The van der Waals surface area contributed by atoms with Crippen LogP contribution in [0.3, 0.4) is 0 Å². The van der Waals surface area contributed by atoms with Crippen molar-refractivity contribution in [1.82, 2.24) is 19.9 Å². The van der Waals surface area contributed by atoms with Crippen molar-refractivity contribution < 1.29 is 13.2 Å². The molecule has 0 saturated carbocycles. The zero-order chi connectivity index (χ0) is 18.9. The van der Waals surface area contributed by atoms with Gasteiger partial charge < -0.3 is 4.90 Å². The first-order valence-electron chi connectivity index (χ1n) is 8.66. The Morgan fingerprint density at radius 3 is 2.77 bits per heavy atom. The van der Waals surface area contributed by atoms with Gasteiger partial charge in [0.05, 0.1) is 16.9 Å². The Morgan fingerprint density at radius 2 is 2.12 bits per heavy atom. The highest BCUT2D eigenvalue weighted by atomic mass is 32.2. The second-order valence-electron chi connectivity index (χ2n) is 6.68. The molecule has 140 valence electrons. The highest BCUT2D eigenvalue weighted by molar-refractivity contribution is 7.91. The number of benzene rings is 1. The summed E-state index contributed by atoms with van der Waals surface area (Å²) in [7, 11) is -3.12. The first-order valence-corrected chi connectivity index (χ1v) is 10.5. The molecule has 0 radical (unpaired) electrons. The summed E-state index contributed by atoms with van der Waals surface area (Å²) in [5.41, 5.74) is 0.0916. The van der Waals surface area contributed by atoms with Crippen LogP contribution in [-0.4, -0.2) is 57.8 Å². The Kier molecular flexibility index (Phi) is 5.08. The number of amides is 1. The first kappa shape index (κ1) is 18.5. The second-order valence-corrected chi connectivity index (χ2v) is 8.91. The number of hydrogen-bond donors (Lipinski definition) is 0. The topological polar surface area (TPSA) is 102 Å². The van der Waals surface area contributed by atoms with E-state index in [2.05, 4.69) is 10.3 Å². The molecule has 1 aromatic carbocycles. The average Bonchev–Trinajstić information content (AvgIpc) is 2.97. The third-order valence-electron chi connectivity index (χ3n) is 4.87. The van der Waals surface area contributed by atoms with Gasteiger partial charge in [-0.3, -0.25) is 9.59 Å². The quantitative estimate of drug-likeness (QED) is 0.755. The van der Waals surface area contributed by atoms with Crippen LogP contribution in [0.1, 0.15) is 26.7 Å². The van der Waals surface area contributed by atoms with Gasteiger partial charge in [-0.1, -0.05) is 24.3 Å². The number of rotatable bonds is 5. The summed E-state index contributed by atoms with van der Waals surface area (Å²) in [4.78, 5) is 27.1. The fourth-order valence-electron chi connectivity index (χ4n) is 3.34. The van der Waals surface area contributed by atoms with Gasteiger partial charge in [-0.2, -0.15) is 0 Å². The molecule has 0 bridgehead atoms. The largest absolute Gasteiger partial charge is 0.334 e. The zero-order valence-corrected chi connectivity index (χ0v) is 15.6. The molecule has 2 heterocycles. The molecular formula is C17H22N4O4S. The van der Waals surface area contributed by atoms with E-state index in [1.54, 1.807) is 29.2 Å². The Balaban J connectivity index is 1.89. The Hall–Kier alpha value is -2.29. The molecule has 1 saturated heterocycles. The third-order valence-corrected chi connectivity index (χ3v) is 6.62. The van der Waals surface area contributed by atoms with Crippen LogP contribution in [0.15, 0.2) is 29.1 Å². The smallest absolute Gasteiger partial charge is 0.278 e. The molecule has 0 unspecified atom stereocenters. The minimum Gasteiger partial charge on any atom is -0.334 e. The molecule has 1 amide bonds. The lowest BCUT2D eigenvalue weighted by Crippen LogP contribution is -2.48. The summed E-state index contributed by atoms with van der Waals surface area (Å²) in [6.45, 7) is 3.58. The second kappa shape index (κ2) is 7.14. The van der Waals surface area contributed by atoms with E-state index in [4.69, 9.17) is 0 Å². The number of carbonyl (C=O) groups excluding carboxylic acids is 1. The van der Waals surface area contributed by atoms with E-state index < -0.39 is 9.84 Å². The van der Waals surface area contributed by atoms with Gasteiger partial charge in [0.2, 0.25) is 5.91 Å². The predicted molar refractivity (Wildman–Crippen MR) is 97.5 cm³/mol. The van der Waals surface area contributed by atoms with Crippen LogP contribution in [-0.2, 0) is 21.2 Å². The minimum atomic E-state index is -3.12.